The van der Waals surface area contributed by atoms with Gasteiger partial charge in [0.2, 0.25) is 11.8 Å². The molecule has 13 nitrogen and oxygen atoms in total. The van der Waals surface area contributed by atoms with Gasteiger partial charge >= 0.3 is 18.0 Å². The molecule has 1 atom stereocenters. The molecule has 0 aliphatic heterocycles. The molecule has 0 fully saturated rings. The Morgan fingerprint density at radius 2 is 1.49 bits per heavy atom. The van der Waals surface area contributed by atoms with Crippen molar-refractivity contribution in [2.24, 2.45) is 0 Å². The number of methoxy groups -OCH3 is 1. The maximum atomic E-state index is 12.7. The van der Waals surface area contributed by atoms with Gasteiger partial charge in [0.25, 0.3) is 0 Å². The lowest BCUT2D eigenvalue weighted by Crippen LogP contribution is -2.33. The van der Waals surface area contributed by atoms with E-state index < -0.39 is 49.6 Å². The van der Waals surface area contributed by atoms with Crippen LogP contribution in [0.25, 0.3) is 0 Å². The van der Waals surface area contributed by atoms with Gasteiger partial charge in [-0.2, -0.15) is 0 Å². The Morgan fingerprint density at radius 3 is 2.14 bits per heavy atom. The molecule has 0 aliphatic carbocycles. The minimum Gasteiger partial charge on any atom is -0.495 e. The summed E-state index contributed by atoms with van der Waals surface area (Å²) in [5.74, 6) is -3.03. The van der Waals surface area contributed by atoms with Crippen molar-refractivity contribution in [1.29, 1.82) is 0 Å². The van der Waals surface area contributed by atoms with Crippen molar-refractivity contribution in [1.82, 2.24) is 5.32 Å². The van der Waals surface area contributed by atoms with Crippen LogP contribution < -0.4 is 26.0 Å². The summed E-state index contributed by atoms with van der Waals surface area (Å²) >= 11 is 0. The molecule has 0 heterocycles. The van der Waals surface area contributed by atoms with Crippen molar-refractivity contribution in [3.63, 3.8) is 0 Å². The summed E-state index contributed by atoms with van der Waals surface area (Å²) in [6, 6.07) is 17.2. The Labute approximate surface area is 247 Å². The lowest BCUT2D eigenvalue weighted by molar-refractivity contribution is -0.143. The number of aryl methyl sites for hydroxylation is 1. The first-order valence-electron chi connectivity index (χ1n) is 13.0. The number of hydrogen-bond acceptors (Lipinski definition) is 7. The number of anilines is 3. The standard InChI is InChI=1S/C30H32N4O9/c1-18-5-3-4-6-22(18)33-30(41)34-23-12-7-19(13-25(23)42-2)14-26(35)31-21-10-8-20(9-11-21)24(15-28(37)38)32-27(36)16-43-17-29(39)40/h3-13,24H,14-17H2,1-2H3,(H,31,35)(H,32,36)(H,37,38)(H,39,40)(H2,33,34,41). The van der Waals surface area contributed by atoms with Crippen LogP contribution in [-0.2, 0) is 30.3 Å². The van der Waals surface area contributed by atoms with E-state index in [9.17, 15) is 29.1 Å². The summed E-state index contributed by atoms with van der Waals surface area (Å²) in [7, 11) is 1.45. The quantitative estimate of drug-likeness (QED) is 0.162. The molecule has 226 valence electrons. The third-order valence-electron chi connectivity index (χ3n) is 6.04. The maximum Gasteiger partial charge on any atom is 0.329 e. The van der Waals surface area contributed by atoms with E-state index in [2.05, 4.69) is 21.3 Å². The van der Waals surface area contributed by atoms with E-state index in [-0.39, 0.29) is 12.3 Å². The summed E-state index contributed by atoms with van der Waals surface area (Å²) < 4.78 is 10.1. The van der Waals surface area contributed by atoms with E-state index >= 15 is 0 Å². The molecule has 3 aromatic carbocycles. The van der Waals surface area contributed by atoms with Crippen LogP contribution in [0.15, 0.2) is 66.7 Å². The van der Waals surface area contributed by atoms with Crippen LogP contribution in [-0.4, -0.2) is 60.3 Å². The Kier molecular flexibility index (Phi) is 11.6. The summed E-state index contributed by atoms with van der Waals surface area (Å²) in [6.07, 6.45) is -0.418. The van der Waals surface area contributed by atoms with Gasteiger partial charge in [0, 0.05) is 11.4 Å². The van der Waals surface area contributed by atoms with E-state index in [4.69, 9.17) is 14.6 Å². The van der Waals surface area contributed by atoms with Crippen LogP contribution in [0.3, 0.4) is 0 Å². The van der Waals surface area contributed by atoms with Crippen molar-refractivity contribution in [2.45, 2.75) is 25.8 Å². The number of benzene rings is 3. The summed E-state index contributed by atoms with van der Waals surface area (Å²) in [5, 5.41) is 28.6. The number of carbonyl (C=O) groups is 5. The van der Waals surface area contributed by atoms with E-state index in [1.165, 1.54) is 7.11 Å². The topological polar surface area (TPSA) is 192 Å². The highest BCUT2D eigenvalue weighted by Crippen LogP contribution is 2.27. The van der Waals surface area contributed by atoms with Crippen molar-refractivity contribution in [2.75, 3.05) is 36.3 Å². The van der Waals surface area contributed by atoms with Gasteiger partial charge in [-0.15, -0.1) is 0 Å². The first-order chi connectivity index (χ1) is 20.5. The van der Waals surface area contributed by atoms with Crippen molar-refractivity contribution in [3.8, 4) is 5.75 Å². The zero-order valence-corrected chi connectivity index (χ0v) is 23.5. The molecule has 0 bridgehead atoms. The molecular formula is C30H32N4O9. The van der Waals surface area contributed by atoms with Crippen LogP contribution >= 0.6 is 0 Å². The predicted octanol–water partition coefficient (Wildman–Crippen LogP) is 3.56. The third-order valence-corrected chi connectivity index (χ3v) is 6.04. The number of ether oxygens (including phenoxy) is 2. The van der Waals surface area contributed by atoms with Gasteiger partial charge < -0.3 is 41.0 Å². The first kappa shape index (κ1) is 32.1. The van der Waals surface area contributed by atoms with Crippen LogP contribution in [0.4, 0.5) is 21.9 Å². The molecule has 0 saturated carbocycles. The smallest absolute Gasteiger partial charge is 0.329 e. The molecule has 0 radical (unpaired) electrons. The highest BCUT2D eigenvalue weighted by atomic mass is 16.5. The normalized spacial score (nSPS) is 11.1. The van der Waals surface area contributed by atoms with Gasteiger partial charge in [0.1, 0.15) is 19.0 Å². The largest absolute Gasteiger partial charge is 0.495 e. The fraction of sp³-hybridized carbons (Fsp3) is 0.233. The fourth-order valence-electron chi connectivity index (χ4n) is 4.02. The van der Waals surface area contributed by atoms with Gasteiger partial charge in [-0.05, 0) is 53.9 Å². The Balaban J connectivity index is 1.58. The summed E-state index contributed by atoms with van der Waals surface area (Å²) in [6.45, 7) is 0.676. The van der Waals surface area contributed by atoms with E-state index in [1.54, 1.807) is 48.5 Å². The number of hydrogen-bond donors (Lipinski definition) is 6. The minimum atomic E-state index is -1.24. The molecule has 0 spiro atoms. The molecule has 6 N–H and O–H groups in total. The van der Waals surface area contributed by atoms with Crippen LogP contribution in [0.5, 0.6) is 5.75 Å². The van der Waals surface area contributed by atoms with E-state index in [0.29, 0.717) is 33.9 Å². The number of carboxylic acids is 2. The van der Waals surface area contributed by atoms with Crippen LogP contribution in [0.2, 0.25) is 0 Å². The number of nitrogens with one attached hydrogen (secondary N) is 4. The molecule has 1 unspecified atom stereocenters. The maximum absolute atomic E-state index is 12.7. The number of urea groups is 1. The molecule has 43 heavy (non-hydrogen) atoms. The fourth-order valence-corrected chi connectivity index (χ4v) is 4.02. The molecule has 4 amide bonds. The lowest BCUT2D eigenvalue weighted by Gasteiger charge is -2.18. The second-order valence-electron chi connectivity index (χ2n) is 9.38. The number of aliphatic carboxylic acids is 2. The number of para-hydroxylation sites is 1. The average molecular weight is 593 g/mol. The Morgan fingerprint density at radius 1 is 0.791 bits per heavy atom. The number of rotatable bonds is 14. The number of carboxylic acid groups (broad SMARTS) is 2. The van der Waals surface area contributed by atoms with Crippen LogP contribution in [0, 0.1) is 6.92 Å². The van der Waals surface area contributed by atoms with Gasteiger partial charge in [0.15, 0.2) is 0 Å². The van der Waals surface area contributed by atoms with Crippen LogP contribution in [0.1, 0.15) is 29.2 Å². The zero-order chi connectivity index (χ0) is 31.4. The van der Waals surface area contributed by atoms with E-state index in [1.807, 2.05) is 25.1 Å². The molecule has 0 aromatic heterocycles. The van der Waals surface area contributed by atoms with Gasteiger partial charge in [-0.25, -0.2) is 9.59 Å². The molecule has 0 aliphatic rings. The minimum absolute atomic E-state index is 0.00182. The average Bonchev–Trinajstić information content (AvgIpc) is 2.94. The van der Waals surface area contributed by atoms with Gasteiger partial charge in [-0.1, -0.05) is 36.4 Å². The monoisotopic (exact) mass is 592 g/mol. The first-order valence-corrected chi connectivity index (χ1v) is 13.0. The summed E-state index contributed by atoms with van der Waals surface area (Å²) in [5.41, 5.74) is 3.54. The SMILES string of the molecule is COc1cc(CC(=O)Nc2ccc(C(CC(=O)O)NC(=O)COCC(=O)O)cc2)ccc1NC(=O)Nc1ccccc1C. The number of carbonyl (C=O) groups excluding carboxylic acids is 3. The Bertz CT molecular complexity index is 1470. The molecule has 13 heteroatoms. The molecule has 0 saturated heterocycles. The van der Waals surface area contributed by atoms with Crippen molar-refractivity contribution < 1.29 is 43.7 Å². The van der Waals surface area contributed by atoms with Crippen molar-refractivity contribution >= 4 is 46.8 Å². The highest BCUT2D eigenvalue weighted by molar-refractivity contribution is 6.01. The number of amides is 4. The highest BCUT2D eigenvalue weighted by Gasteiger charge is 2.19. The van der Waals surface area contributed by atoms with Gasteiger partial charge in [0.05, 0.1) is 31.7 Å². The predicted molar refractivity (Wildman–Crippen MR) is 157 cm³/mol. The van der Waals surface area contributed by atoms with Crippen molar-refractivity contribution in [3.05, 3.63) is 83.4 Å². The van der Waals surface area contributed by atoms with Gasteiger partial charge in [-0.3, -0.25) is 14.4 Å². The molecule has 3 aromatic rings. The lowest BCUT2D eigenvalue weighted by atomic mass is 10.0. The summed E-state index contributed by atoms with van der Waals surface area (Å²) in [4.78, 5) is 59.1. The molecular weight excluding hydrogens is 560 g/mol. The van der Waals surface area contributed by atoms with E-state index in [0.717, 1.165) is 5.56 Å². The Hall–Kier alpha value is -5.43. The molecule has 3 rings (SSSR count). The second-order valence-corrected chi connectivity index (χ2v) is 9.38. The third kappa shape index (κ3) is 10.5. The zero-order valence-electron chi connectivity index (χ0n) is 23.5. The second kappa shape index (κ2) is 15.5.